The molecule has 100 valence electrons. The highest BCUT2D eigenvalue weighted by Gasteiger charge is 2.05. The van der Waals surface area contributed by atoms with Gasteiger partial charge in [0.15, 0.2) is 0 Å². The van der Waals surface area contributed by atoms with Crippen molar-refractivity contribution >= 4 is 5.69 Å². The molecular formula is C16H19FN2. The van der Waals surface area contributed by atoms with Gasteiger partial charge in [0.05, 0.1) is 6.67 Å². The summed E-state index contributed by atoms with van der Waals surface area (Å²) in [5, 5.41) is 3.34. The fraction of sp³-hybridized carbons (Fsp3) is 0.250. The van der Waals surface area contributed by atoms with Gasteiger partial charge < -0.3 is 11.1 Å². The van der Waals surface area contributed by atoms with Crippen LogP contribution in [0.3, 0.4) is 0 Å². The van der Waals surface area contributed by atoms with Gasteiger partial charge in [-0.25, -0.2) is 0 Å². The Hall–Kier alpha value is -1.87. The average molecular weight is 258 g/mol. The Kier molecular flexibility index (Phi) is 4.93. The predicted octanol–water partition coefficient (Wildman–Crippen LogP) is 3.66. The molecule has 0 bridgehead atoms. The Labute approximate surface area is 113 Å². The molecule has 0 unspecified atom stereocenters. The van der Waals surface area contributed by atoms with E-state index < -0.39 is 0 Å². The van der Waals surface area contributed by atoms with Gasteiger partial charge in [-0.1, -0.05) is 42.5 Å². The van der Waals surface area contributed by atoms with Gasteiger partial charge in [0.2, 0.25) is 0 Å². The molecule has 3 heteroatoms. The van der Waals surface area contributed by atoms with E-state index in [0.717, 1.165) is 17.8 Å². The van der Waals surface area contributed by atoms with E-state index in [9.17, 15) is 4.39 Å². The largest absolute Gasteiger partial charge is 0.381 e. The third-order valence-electron chi connectivity index (χ3n) is 3.10. The molecule has 2 rings (SSSR count). The van der Waals surface area contributed by atoms with Crippen LogP contribution in [0.25, 0.3) is 0 Å². The summed E-state index contributed by atoms with van der Waals surface area (Å²) in [6, 6.07) is 17.9. The Morgan fingerprint density at radius 1 is 1.00 bits per heavy atom. The van der Waals surface area contributed by atoms with Gasteiger partial charge in [0.25, 0.3) is 0 Å². The van der Waals surface area contributed by atoms with Gasteiger partial charge >= 0.3 is 0 Å². The maximum absolute atomic E-state index is 12.2. The molecule has 2 nitrogen and oxygen atoms in total. The van der Waals surface area contributed by atoms with Crippen molar-refractivity contribution in [3.8, 4) is 0 Å². The molecule has 0 aliphatic heterocycles. The number of rotatable bonds is 6. The highest BCUT2D eigenvalue weighted by molar-refractivity contribution is 5.45. The Balaban J connectivity index is 1.92. The van der Waals surface area contributed by atoms with Crippen molar-refractivity contribution in [2.45, 2.75) is 19.0 Å². The van der Waals surface area contributed by atoms with Crippen LogP contribution in [0.15, 0.2) is 54.6 Å². The van der Waals surface area contributed by atoms with Crippen molar-refractivity contribution < 1.29 is 4.39 Å². The monoisotopic (exact) mass is 258 g/mol. The lowest BCUT2D eigenvalue weighted by molar-refractivity contribution is 0.442. The quantitative estimate of drug-likeness (QED) is 0.830. The SMILES string of the molecule is N[C@@H](CCF)c1ccc(NCc2ccccc2)cc1. The Morgan fingerprint density at radius 3 is 2.32 bits per heavy atom. The molecule has 2 aromatic carbocycles. The molecule has 0 amide bonds. The van der Waals surface area contributed by atoms with Crippen molar-refractivity contribution in [1.29, 1.82) is 0 Å². The standard InChI is InChI=1S/C16H19FN2/c17-11-10-16(18)14-6-8-15(9-7-14)19-12-13-4-2-1-3-5-13/h1-9,16,19H,10-12,18H2/t16-/m0/s1. The lowest BCUT2D eigenvalue weighted by Gasteiger charge is -2.11. The van der Waals surface area contributed by atoms with Gasteiger partial charge in [-0.15, -0.1) is 0 Å². The average Bonchev–Trinajstić information content (AvgIpc) is 2.47. The summed E-state index contributed by atoms with van der Waals surface area (Å²) in [4.78, 5) is 0. The zero-order chi connectivity index (χ0) is 13.5. The van der Waals surface area contributed by atoms with Crippen LogP contribution < -0.4 is 11.1 Å². The molecule has 0 radical (unpaired) electrons. The molecule has 0 aromatic heterocycles. The topological polar surface area (TPSA) is 38.0 Å². The third-order valence-corrected chi connectivity index (χ3v) is 3.10. The second-order valence-corrected chi connectivity index (χ2v) is 4.55. The molecular weight excluding hydrogens is 239 g/mol. The van der Waals surface area contributed by atoms with E-state index in [1.807, 2.05) is 42.5 Å². The van der Waals surface area contributed by atoms with Crippen LogP contribution in [0, 0.1) is 0 Å². The predicted molar refractivity (Wildman–Crippen MR) is 77.7 cm³/mol. The van der Waals surface area contributed by atoms with E-state index in [2.05, 4.69) is 17.4 Å². The molecule has 2 aromatic rings. The summed E-state index contributed by atoms with van der Waals surface area (Å²) in [6.07, 6.45) is 0.372. The molecule has 0 saturated heterocycles. The van der Waals surface area contributed by atoms with E-state index >= 15 is 0 Å². The van der Waals surface area contributed by atoms with Gasteiger partial charge in [0.1, 0.15) is 0 Å². The first-order valence-corrected chi connectivity index (χ1v) is 6.49. The van der Waals surface area contributed by atoms with E-state index in [1.165, 1.54) is 5.56 Å². The van der Waals surface area contributed by atoms with E-state index in [0.29, 0.717) is 6.42 Å². The lowest BCUT2D eigenvalue weighted by atomic mass is 10.1. The maximum Gasteiger partial charge on any atom is 0.0912 e. The van der Waals surface area contributed by atoms with E-state index in [4.69, 9.17) is 5.73 Å². The van der Waals surface area contributed by atoms with Crippen LogP contribution in [0.4, 0.5) is 10.1 Å². The van der Waals surface area contributed by atoms with Crippen LogP contribution in [-0.4, -0.2) is 6.67 Å². The number of nitrogens with one attached hydrogen (secondary N) is 1. The molecule has 0 aliphatic rings. The fourth-order valence-electron chi connectivity index (χ4n) is 1.93. The number of hydrogen-bond acceptors (Lipinski definition) is 2. The molecule has 1 atom stereocenters. The van der Waals surface area contributed by atoms with Gasteiger partial charge in [0, 0.05) is 18.3 Å². The van der Waals surface area contributed by atoms with Gasteiger partial charge in [-0.05, 0) is 29.7 Å². The summed E-state index contributed by atoms with van der Waals surface area (Å²) in [5.74, 6) is 0. The molecule has 19 heavy (non-hydrogen) atoms. The molecule has 0 fully saturated rings. The van der Waals surface area contributed by atoms with Crippen molar-refractivity contribution in [1.82, 2.24) is 0 Å². The smallest absolute Gasteiger partial charge is 0.0912 e. The Bertz CT molecular complexity index is 482. The van der Waals surface area contributed by atoms with E-state index in [-0.39, 0.29) is 12.7 Å². The Morgan fingerprint density at radius 2 is 1.68 bits per heavy atom. The number of anilines is 1. The summed E-state index contributed by atoms with van der Waals surface area (Å²) < 4.78 is 12.2. The van der Waals surface area contributed by atoms with Crippen molar-refractivity contribution in [2.75, 3.05) is 12.0 Å². The molecule has 0 saturated carbocycles. The van der Waals surface area contributed by atoms with Crippen LogP contribution in [-0.2, 0) is 6.54 Å². The molecule has 0 heterocycles. The zero-order valence-corrected chi connectivity index (χ0v) is 10.9. The van der Waals surface area contributed by atoms with Crippen LogP contribution in [0.5, 0.6) is 0 Å². The summed E-state index contributed by atoms with van der Waals surface area (Å²) in [6.45, 7) is 0.409. The number of halogens is 1. The van der Waals surface area contributed by atoms with Gasteiger partial charge in [-0.3, -0.25) is 4.39 Å². The zero-order valence-electron chi connectivity index (χ0n) is 10.9. The highest BCUT2D eigenvalue weighted by atomic mass is 19.1. The normalized spacial score (nSPS) is 12.1. The first-order chi connectivity index (χ1) is 9.29. The minimum atomic E-state index is -0.380. The second kappa shape index (κ2) is 6.90. The van der Waals surface area contributed by atoms with Crippen LogP contribution >= 0.6 is 0 Å². The number of alkyl halides is 1. The first-order valence-electron chi connectivity index (χ1n) is 6.49. The van der Waals surface area contributed by atoms with Crippen molar-refractivity contribution in [3.63, 3.8) is 0 Å². The lowest BCUT2D eigenvalue weighted by Crippen LogP contribution is -2.10. The molecule has 0 spiro atoms. The van der Waals surface area contributed by atoms with Crippen LogP contribution in [0.1, 0.15) is 23.6 Å². The minimum absolute atomic E-state index is 0.215. The second-order valence-electron chi connectivity index (χ2n) is 4.55. The number of benzene rings is 2. The molecule has 3 N–H and O–H groups in total. The molecule has 0 aliphatic carbocycles. The fourth-order valence-corrected chi connectivity index (χ4v) is 1.93. The highest BCUT2D eigenvalue weighted by Crippen LogP contribution is 2.17. The van der Waals surface area contributed by atoms with E-state index in [1.54, 1.807) is 0 Å². The van der Waals surface area contributed by atoms with Crippen molar-refractivity contribution in [3.05, 3.63) is 65.7 Å². The summed E-state index contributed by atoms with van der Waals surface area (Å²) in [7, 11) is 0. The van der Waals surface area contributed by atoms with Crippen molar-refractivity contribution in [2.24, 2.45) is 5.73 Å². The first kappa shape index (κ1) is 13.6. The maximum atomic E-state index is 12.2. The summed E-state index contributed by atoms with van der Waals surface area (Å²) in [5.41, 5.74) is 9.11. The van der Waals surface area contributed by atoms with Gasteiger partial charge in [-0.2, -0.15) is 0 Å². The number of nitrogens with two attached hydrogens (primary N) is 1. The van der Waals surface area contributed by atoms with Crippen LogP contribution in [0.2, 0.25) is 0 Å². The summed E-state index contributed by atoms with van der Waals surface area (Å²) >= 11 is 0. The third kappa shape index (κ3) is 4.07. The minimum Gasteiger partial charge on any atom is -0.381 e. The number of hydrogen-bond donors (Lipinski definition) is 2.